The van der Waals surface area contributed by atoms with Gasteiger partial charge in [0.05, 0.1) is 38.6 Å². The molecule has 0 bridgehead atoms. The molecule has 0 saturated carbocycles. The maximum absolute atomic E-state index is 13.1. The summed E-state index contributed by atoms with van der Waals surface area (Å²) in [5.41, 5.74) is 3.06. The fourth-order valence-corrected chi connectivity index (χ4v) is 3.65. The van der Waals surface area contributed by atoms with Crippen molar-refractivity contribution in [2.75, 3.05) is 40.0 Å². The predicted octanol–water partition coefficient (Wildman–Crippen LogP) is 2.71. The quantitative estimate of drug-likeness (QED) is 0.802. The molecular weight excluding hydrogens is 354 g/mol. The molecule has 0 radical (unpaired) electrons. The SMILES string of the molecule is COc1ccc([C@@H]2CC(c3ccccc3)=NN2C(=O)CN2CCOCC2)cc1. The maximum atomic E-state index is 13.1. The van der Waals surface area contributed by atoms with E-state index in [0.29, 0.717) is 26.2 Å². The van der Waals surface area contributed by atoms with Crippen LogP contribution in [0.1, 0.15) is 23.6 Å². The number of nitrogens with zero attached hydrogens (tertiary/aromatic N) is 3. The first-order valence-electron chi connectivity index (χ1n) is 9.63. The summed E-state index contributed by atoms with van der Waals surface area (Å²) in [6.07, 6.45) is 0.700. The summed E-state index contributed by atoms with van der Waals surface area (Å²) in [6.45, 7) is 3.27. The fourth-order valence-electron chi connectivity index (χ4n) is 3.65. The van der Waals surface area contributed by atoms with E-state index < -0.39 is 0 Å². The lowest BCUT2D eigenvalue weighted by Crippen LogP contribution is -2.43. The Labute approximate surface area is 165 Å². The van der Waals surface area contributed by atoms with Gasteiger partial charge in [-0.25, -0.2) is 5.01 Å². The summed E-state index contributed by atoms with van der Waals surface area (Å²) < 4.78 is 10.7. The monoisotopic (exact) mass is 379 g/mol. The van der Waals surface area contributed by atoms with E-state index in [1.807, 2.05) is 54.6 Å². The molecule has 0 aromatic heterocycles. The van der Waals surface area contributed by atoms with Crippen LogP contribution in [0.2, 0.25) is 0 Å². The highest BCUT2D eigenvalue weighted by atomic mass is 16.5. The van der Waals surface area contributed by atoms with Crippen molar-refractivity contribution >= 4 is 11.6 Å². The first kappa shape index (κ1) is 18.7. The highest BCUT2D eigenvalue weighted by molar-refractivity contribution is 6.03. The molecule has 28 heavy (non-hydrogen) atoms. The van der Waals surface area contributed by atoms with Crippen LogP contribution < -0.4 is 4.74 Å². The standard InChI is InChI=1S/C22H25N3O3/c1-27-19-9-7-18(8-10-19)21-15-20(17-5-3-2-4-6-17)23-25(21)22(26)16-24-11-13-28-14-12-24/h2-10,21H,11-16H2,1H3/t21-/m0/s1. The molecule has 2 aromatic carbocycles. The molecule has 2 heterocycles. The molecule has 0 aliphatic carbocycles. The van der Waals surface area contributed by atoms with Gasteiger partial charge >= 0.3 is 0 Å². The van der Waals surface area contributed by atoms with Crippen molar-refractivity contribution in [2.45, 2.75) is 12.5 Å². The Balaban J connectivity index is 1.58. The third-order valence-corrected chi connectivity index (χ3v) is 5.24. The molecule has 2 aliphatic heterocycles. The lowest BCUT2D eigenvalue weighted by atomic mass is 9.98. The van der Waals surface area contributed by atoms with Gasteiger partial charge in [0.2, 0.25) is 0 Å². The first-order chi connectivity index (χ1) is 13.7. The third-order valence-electron chi connectivity index (χ3n) is 5.24. The van der Waals surface area contributed by atoms with Crippen LogP contribution in [0, 0.1) is 0 Å². The molecule has 6 nitrogen and oxygen atoms in total. The van der Waals surface area contributed by atoms with E-state index in [1.165, 1.54) is 0 Å². The molecule has 0 N–H and O–H groups in total. The molecule has 1 fully saturated rings. The Kier molecular flexibility index (Phi) is 5.69. The number of hydrazone groups is 1. The van der Waals surface area contributed by atoms with Crippen molar-refractivity contribution in [1.29, 1.82) is 0 Å². The van der Waals surface area contributed by atoms with E-state index in [9.17, 15) is 4.79 Å². The Bertz CT molecular complexity index is 830. The number of hydrogen-bond acceptors (Lipinski definition) is 5. The smallest absolute Gasteiger partial charge is 0.257 e. The van der Waals surface area contributed by atoms with Gasteiger partial charge in [0.25, 0.3) is 5.91 Å². The molecule has 1 saturated heterocycles. The van der Waals surface area contributed by atoms with Gasteiger partial charge in [0, 0.05) is 19.5 Å². The third kappa shape index (κ3) is 4.08. The van der Waals surface area contributed by atoms with Crippen molar-refractivity contribution in [3.05, 3.63) is 65.7 Å². The Morgan fingerprint density at radius 3 is 2.50 bits per heavy atom. The van der Waals surface area contributed by atoms with E-state index >= 15 is 0 Å². The molecule has 1 amide bonds. The molecule has 2 aromatic rings. The molecule has 2 aliphatic rings. The number of methoxy groups -OCH3 is 1. The van der Waals surface area contributed by atoms with Crippen LogP contribution in [0.15, 0.2) is 59.7 Å². The van der Waals surface area contributed by atoms with Crippen molar-refractivity contribution < 1.29 is 14.3 Å². The van der Waals surface area contributed by atoms with Crippen molar-refractivity contribution in [3.63, 3.8) is 0 Å². The first-order valence-corrected chi connectivity index (χ1v) is 9.63. The second-order valence-electron chi connectivity index (χ2n) is 7.03. The average Bonchev–Trinajstić information content (AvgIpc) is 3.21. The van der Waals surface area contributed by atoms with Gasteiger partial charge in [-0.2, -0.15) is 5.10 Å². The van der Waals surface area contributed by atoms with Gasteiger partial charge in [-0.3, -0.25) is 9.69 Å². The summed E-state index contributed by atoms with van der Waals surface area (Å²) in [5, 5.41) is 6.40. The van der Waals surface area contributed by atoms with Gasteiger partial charge in [-0.15, -0.1) is 0 Å². The molecular formula is C22H25N3O3. The van der Waals surface area contributed by atoms with Gasteiger partial charge in [-0.1, -0.05) is 42.5 Å². The van der Waals surface area contributed by atoms with Crippen LogP contribution in [-0.2, 0) is 9.53 Å². The number of ether oxygens (including phenoxy) is 2. The largest absolute Gasteiger partial charge is 0.497 e. The normalized spacial score (nSPS) is 20.1. The van der Waals surface area contributed by atoms with Crippen LogP contribution in [-0.4, -0.2) is 61.5 Å². The van der Waals surface area contributed by atoms with Crippen molar-refractivity contribution in [2.24, 2.45) is 5.10 Å². The van der Waals surface area contributed by atoms with Gasteiger partial charge in [0.15, 0.2) is 0 Å². The zero-order valence-electron chi connectivity index (χ0n) is 16.1. The molecule has 4 rings (SSSR count). The molecule has 146 valence electrons. The summed E-state index contributed by atoms with van der Waals surface area (Å²) in [5.74, 6) is 0.825. The second-order valence-corrected chi connectivity index (χ2v) is 7.03. The van der Waals surface area contributed by atoms with Gasteiger partial charge in [0.1, 0.15) is 5.75 Å². The summed E-state index contributed by atoms with van der Waals surface area (Å²) in [6, 6.07) is 17.9. The fraction of sp³-hybridized carbons (Fsp3) is 0.364. The Morgan fingerprint density at radius 1 is 1.11 bits per heavy atom. The number of carbonyl (C=O) groups is 1. The summed E-state index contributed by atoms with van der Waals surface area (Å²) in [4.78, 5) is 15.2. The Morgan fingerprint density at radius 2 is 1.82 bits per heavy atom. The van der Waals surface area contributed by atoms with E-state index in [2.05, 4.69) is 4.90 Å². The Hall–Kier alpha value is -2.70. The predicted molar refractivity (Wildman–Crippen MR) is 107 cm³/mol. The van der Waals surface area contributed by atoms with Crippen molar-refractivity contribution in [1.82, 2.24) is 9.91 Å². The highest BCUT2D eigenvalue weighted by Crippen LogP contribution is 2.33. The lowest BCUT2D eigenvalue weighted by molar-refractivity contribution is -0.135. The number of hydrogen-bond donors (Lipinski definition) is 0. The van der Waals surface area contributed by atoms with Crippen LogP contribution in [0.4, 0.5) is 0 Å². The maximum Gasteiger partial charge on any atom is 0.257 e. The van der Waals surface area contributed by atoms with E-state index in [1.54, 1.807) is 12.1 Å². The lowest BCUT2D eigenvalue weighted by Gasteiger charge is -2.29. The van der Waals surface area contributed by atoms with Crippen LogP contribution in [0.5, 0.6) is 5.75 Å². The summed E-state index contributed by atoms with van der Waals surface area (Å²) >= 11 is 0. The minimum Gasteiger partial charge on any atom is -0.497 e. The van der Waals surface area contributed by atoms with Gasteiger partial charge < -0.3 is 9.47 Å². The van der Waals surface area contributed by atoms with Crippen LogP contribution >= 0.6 is 0 Å². The number of rotatable bonds is 5. The average molecular weight is 379 g/mol. The summed E-state index contributed by atoms with van der Waals surface area (Å²) in [7, 11) is 1.65. The van der Waals surface area contributed by atoms with E-state index in [-0.39, 0.29) is 11.9 Å². The second kappa shape index (κ2) is 8.54. The number of morpholine rings is 1. The van der Waals surface area contributed by atoms with E-state index in [4.69, 9.17) is 14.6 Å². The van der Waals surface area contributed by atoms with Crippen LogP contribution in [0.25, 0.3) is 0 Å². The minimum absolute atomic E-state index is 0.0219. The molecule has 0 spiro atoms. The molecule has 1 atom stereocenters. The number of amides is 1. The number of benzene rings is 2. The molecule has 0 unspecified atom stereocenters. The van der Waals surface area contributed by atoms with Gasteiger partial charge in [-0.05, 0) is 23.3 Å². The van der Waals surface area contributed by atoms with Crippen molar-refractivity contribution in [3.8, 4) is 5.75 Å². The van der Waals surface area contributed by atoms with Crippen LogP contribution in [0.3, 0.4) is 0 Å². The molecule has 6 heteroatoms. The van der Waals surface area contributed by atoms with E-state index in [0.717, 1.165) is 35.7 Å². The number of carbonyl (C=O) groups excluding carboxylic acids is 1. The minimum atomic E-state index is -0.102. The zero-order valence-corrected chi connectivity index (χ0v) is 16.1. The highest BCUT2D eigenvalue weighted by Gasteiger charge is 2.33. The zero-order chi connectivity index (χ0) is 19.3. The topological polar surface area (TPSA) is 54.4 Å².